The van der Waals surface area contributed by atoms with Gasteiger partial charge in [0.1, 0.15) is 0 Å². The van der Waals surface area contributed by atoms with Crippen LogP contribution in [0.25, 0.3) is 0 Å². The van der Waals surface area contributed by atoms with Crippen molar-refractivity contribution < 1.29 is 9.59 Å². The molecule has 2 aliphatic rings. The maximum atomic E-state index is 9.33. The largest absolute Gasteiger partial charge is 0.396 e. The Bertz CT molecular complexity index is 179. The number of piperidine rings is 2. The smallest absolute Gasteiger partial charge is 0.0939 e. The standard InChI is InChI=1S/C11H22NO/c1-12-7-3-2-6-11(12)10(9-13)5-4-8-12/h10-11,13H,2-9H2,1H3/q+1/t10-,11-,12?/m0/s1. The average molecular weight is 184 g/mol. The lowest BCUT2D eigenvalue weighted by molar-refractivity contribution is -0.947. The highest BCUT2D eigenvalue weighted by molar-refractivity contribution is 4.77. The summed E-state index contributed by atoms with van der Waals surface area (Å²) in [6, 6.07) is 0.771. The third-order valence-corrected chi connectivity index (χ3v) is 4.24. The number of aliphatic hydroxyl groups excluding tert-OH is 1. The molecule has 2 aliphatic heterocycles. The number of quaternary nitrogens is 1. The van der Waals surface area contributed by atoms with E-state index in [1.54, 1.807) is 0 Å². The maximum absolute atomic E-state index is 9.33. The zero-order chi connectivity index (χ0) is 9.31. The van der Waals surface area contributed by atoms with Crippen molar-refractivity contribution >= 4 is 0 Å². The predicted octanol–water partition coefficient (Wildman–Crippen LogP) is 1.39. The molecule has 1 N–H and O–H groups in total. The van der Waals surface area contributed by atoms with E-state index >= 15 is 0 Å². The molecule has 13 heavy (non-hydrogen) atoms. The highest BCUT2D eigenvalue weighted by Crippen LogP contribution is 2.35. The first kappa shape index (κ1) is 9.47. The summed E-state index contributed by atoms with van der Waals surface area (Å²) in [4.78, 5) is 0. The van der Waals surface area contributed by atoms with Crippen LogP contribution in [0.5, 0.6) is 0 Å². The van der Waals surface area contributed by atoms with Crippen LogP contribution in [-0.4, -0.2) is 42.4 Å². The molecule has 2 nitrogen and oxygen atoms in total. The lowest BCUT2D eigenvalue weighted by Gasteiger charge is -2.50. The second-order valence-electron chi connectivity index (χ2n) is 5.07. The van der Waals surface area contributed by atoms with E-state index in [9.17, 15) is 5.11 Å². The molecule has 1 unspecified atom stereocenters. The highest BCUT2D eigenvalue weighted by atomic mass is 16.3. The Morgan fingerprint density at radius 2 is 1.92 bits per heavy atom. The van der Waals surface area contributed by atoms with Crippen molar-refractivity contribution in [3.05, 3.63) is 0 Å². The van der Waals surface area contributed by atoms with Gasteiger partial charge in [-0.3, -0.25) is 0 Å². The van der Waals surface area contributed by atoms with Crippen LogP contribution < -0.4 is 0 Å². The molecule has 2 rings (SSSR count). The molecule has 0 aromatic rings. The highest BCUT2D eigenvalue weighted by Gasteiger charge is 2.42. The van der Waals surface area contributed by atoms with Gasteiger partial charge >= 0.3 is 0 Å². The van der Waals surface area contributed by atoms with Crippen molar-refractivity contribution in [3.63, 3.8) is 0 Å². The molecule has 0 aromatic heterocycles. The Labute approximate surface area is 81.1 Å². The number of hydrogen-bond donors (Lipinski definition) is 1. The van der Waals surface area contributed by atoms with Gasteiger partial charge in [0.15, 0.2) is 0 Å². The molecule has 0 saturated carbocycles. The van der Waals surface area contributed by atoms with Crippen LogP contribution in [0.4, 0.5) is 0 Å². The molecule has 0 spiro atoms. The third kappa shape index (κ3) is 1.62. The van der Waals surface area contributed by atoms with Gasteiger partial charge < -0.3 is 9.59 Å². The molecule has 2 saturated heterocycles. The molecule has 0 radical (unpaired) electrons. The summed E-state index contributed by atoms with van der Waals surface area (Å²) in [5.41, 5.74) is 0. The van der Waals surface area contributed by atoms with Crippen LogP contribution in [0, 0.1) is 5.92 Å². The zero-order valence-corrected chi connectivity index (χ0v) is 8.71. The number of rotatable bonds is 1. The van der Waals surface area contributed by atoms with Gasteiger partial charge in [0, 0.05) is 12.3 Å². The Kier molecular flexibility index (Phi) is 2.61. The van der Waals surface area contributed by atoms with E-state index < -0.39 is 0 Å². The number of hydrogen-bond acceptors (Lipinski definition) is 1. The van der Waals surface area contributed by atoms with Gasteiger partial charge in [-0.05, 0) is 25.7 Å². The molecular weight excluding hydrogens is 162 g/mol. The lowest BCUT2D eigenvalue weighted by atomic mass is 9.82. The van der Waals surface area contributed by atoms with Crippen LogP contribution in [0.15, 0.2) is 0 Å². The molecule has 0 aliphatic carbocycles. The van der Waals surface area contributed by atoms with Crippen molar-refractivity contribution in [3.8, 4) is 0 Å². The van der Waals surface area contributed by atoms with E-state index in [2.05, 4.69) is 7.05 Å². The summed E-state index contributed by atoms with van der Waals surface area (Å²) < 4.78 is 1.26. The predicted molar refractivity (Wildman–Crippen MR) is 53.4 cm³/mol. The first-order chi connectivity index (χ1) is 6.26. The normalized spacial score (nSPS) is 45.7. The second kappa shape index (κ2) is 3.58. The molecule has 2 fully saturated rings. The van der Waals surface area contributed by atoms with Crippen molar-refractivity contribution in [2.75, 3.05) is 26.7 Å². The molecule has 2 heterocycles. The monoisotopic (exact) mass is 184 g/mol. The molecule has 3 atom stereocenters. The van der Waals surface area contributed by atoms with Crippen LogP contribution in [0.1, 0.15) is 32.1 Å². The van der Waals surface area contributed by atoms with Crippen LogP contribution >= 0.6 is 0 Å². The van der Waals surface area contributed by atoms with Gasteiger partial charge in [0.25, 0.3) is 0 Å². The Balaban J connectivity index is 2.11. The SMILES string of the molecule is C[N+]12CCCC[C@H]1[C@H](CO)CCC2. The molecule has 2 heteroatoms. The minimum Gasteiger partial charge on any atom is -0.396 e. The van der Waals surface area contributed by atoms with Crippen LogP contribution in [-0.2, 0) is 0 Å². The summed E-state index contributed by atoms with van der Waals surface area (Å²) >= 11 is 0. The van der Waals surface area contributed by atoms with Gasteiger partial charge in [-0.2, -0.15) is 0 Å². The maximum Gasteiger partial charge on any atom is 0.0939 e. The lowest BCUT2D eigenvalue weighted by Crippen LogP contribution is -2.61. The topological polar surface area (TPSA) is 20.2 Å². The minimum atomic E-state index is 0.415. The second-order valence-corrected chi connectivity index (χ2v) is 5.07. The number of nitrogens with zero attached hydrogens (tertiary/aromatic N) is 1. The van der Waals surface area contributed by atoms with Crippen molar-refractivity contribution in [1.82, 2.24) is 0 Å². The summed E-state index contributed by atoms with van der Waals surface area (Å²) in [5.74, 6) is 0.596. The summed E-state index contributed by atoms with van der Waals surface area (Å²) in [5, 5.41) is 9.33. The third-order valence-electron chi connectivity index (χ3n) is 4.24. The van der Waals surface area contributed by atoms with E-state index in [4.69, 9.17) is 0 Å². The molecular formula is C11H22NO+. The fourth-order valence-electron chi connectivity index (χ4n) is 3.45. The van der Waals surface area contributed by atoms with Gasteiger partial charge in [0.05, 0.1) is 32.8 Å². The summed E-state index contributed by atoms with van der Waals surface area (Å²) in [6.07, 6.45) is 6.70. The van der Waals surface area contributed by atoms with Gasteiger partial charge in [-0.25, -0.2) is 0 Å². The van der Waals surface area contributed by atoms with Crippen molar-refractivity contribution in [1.29, 1.82) is 0 Å². The minimum absolute atomic E-state index is 0.415. The average Bonchev–Trinajstić information content (AvgIpc) is 2.15. The first-order valence-electron chi connectivity index (χ1n) is 5.71. The number of fused-ring (bicyclic) bond motifs is 1. The molecule has 0 aromatic carbocycles. The van der Waals surface area contributed by atoms with Crippen molar-refractivity contribution in [2.24, 2.45) is 5.92 Å². The Hall–Kier alpha value is -0.0800. The van der Waals surface area contributed by atoms with Crippen molar-refractivity contribution in [2.45, 2.75) is 38.1 Å². The Morgan fingerprint density at radius 1 is 1.15 bits per heavy atom. The van der Waals surface area contributed by atoms with Crippen LogP contribution in [0.3, 0.4) is 0 Å². The number of aliphatic hydroxyl groups is 1. The van der Waals surface area contributed by atoms with Gasteiger partial charge in [0.2, 0.25) is 0 Å². The van der Waals surface area contributed by atoms with E-state index in [1.165, 1.54) is 49.7 Å². The van der Waals surface area contributed by atoms with E-state index in [0.29, 0.717) is 12.5 Å². The molecule has 76 valence electrons. The van der Waals surface area contributed by atoms with E-state index in [0.717, 1.165) is 6.04 Å². The van der Waals surface area contributed by atoms with Crippen LogP contribution in [0.2, 0.25) is 0 Å². The summed E-state index contributed by atoms with van der Waals surface area (Å²) in [6.45, 7) is 3.11. The summed E-state index contributed by atoms with van der Waals surface area (Å²) in [7, 11) is 2.39. The fourth-order valence-corrected chi connectivity index (χ4v) is 3.45. The fraction of sp³-hybridized carbons (Fsp3) is 1.00. The Morgan fingerprint density at radius 3 is 2.69 bits per heavy atom. The molecule has 0 bridgehead atoms. The zero-order valence-electron chi connectivity index (χ0n) is 8.71. The van der Waals surface area contributed by atoms with Gasteiger partial charge in [-0.1, -0.05) is 0 Å². The molecule has 0 amide bonds. The van der Waals surface area contributed by atoms with Gasteiger partial charge in [-0.15, -0.1) is 0 Å². The first-order valence-corrected chi connectivity index (χ1v) is 5.71. The quantitative estimate of drug-likeness (QED) is 0.611. The van der Waals surface area contributed by atoms with E-state index in [1.807, 2.05) is 0 Å². The van der Waals surface area contributed by atoms with E-state index in [-0.39, 0.29) is 0 Å².